The zero-order chi connectivity index (χ0) is 18.3. The molecule has 5 heteroatoms. The normalized spacial score (nSPS) is 11.4. The van der Waals surface area contributed by atoms with Crippen molar-refractivity contribution in [2.75, 3.05) is 52.0 Å². The minimum Gasteiger partial charge on any atom is -0.499 e. The van der Waals surface area contributed by atoms with Gasteiger partial charge in [0.25, 0.3) is 0 Å². The Kier molecular flexibility index (Phi) is 23.6. The zero-order valence-electron chi connectivity index (χ0n) is 16.3. The van der Waals surface area contributed by atoms with Crippen molar-refractivity contribution in [2.45, 2.75) is 64.7 Å². The lowest BCUT2D eigenvalue weighted by molar-refractivity contribution is 0.00603. The van der Waals surface area contributed by atoms with E-state index in [9.17, 15) is 0 Å². The molecule has 150 valence electrons. The van der Waals surface area contributed by atoms with Crippen LogP contribution in [0.4, 0.5) is 0 Å². The molecule has 0 aliphatic heterocycles. The molecule has 0 radical (unpaired) electrons. The first-order valence-corrected chi connectivity index (χ1v) is 10.6. The van der Waals surface area contributed by atoms with Gasteiger partial charge in [-0.2, -0.15) is 12.6 Å². The highest BCUT2D eigenvalue weighted by atomic mass is 32.1. The van der Waals surface area contributed by atoms with Crippen LogP contribution >= 0.6 is 12.6 Å². The lowest BCUT2D eigenvalue weighted by Crippen LogP contribution is -2.11. The lowest BCUT2D eigenvalue weighted by atomic mass is 10.1. The van der Waals surface area contributed by atoms with Gasteiger partial charge in [-0.05, 0) is 25.5 Å². The van der Waals surface area contributed by atoms with E-state index >= 15 is 0 Å². The van der Waals surface area contributed by atoms with Crippen LogP contribution in [0.1, 0.15) is 64.7 Å². The molecule has 0 aromatic carbocycles. The highest BCUT2D eigenvalue weighted by molar-refractivity contribution is 7.80. The fourth-order valence-electron chi connectivity index (χ4n) is 2.37. The van der Waals surface area contributed by atoms with E-state index in [2.05, 4.69) is 12.6 Å². The van der Waals surface area contributed by atoms with E-state index in [-0.39, 0.29) is 0 Å². The maximum Gasteiger partial charge on any atom is 0.111 e. The van der Waals surface area contributed by atoms with Gasteiger partial charge in [-0.1, -0.05) is 51.0 Å². The average molecular weight is 377 g/mol. The molecular weight excluding hydrogens is 336 g/mol. The van der Waals surface area contributed by atoms with Crippen molar-refractivity contribution in [2.24, 2.45) is 0 Å². The third kappa shape index (κ3) is 23.8. The number of rotatable bonds is 21. The minimum atomic E-state index is 0.587. The number of thiol groups is 1. The van der Waals surface area contributed by atoms with Gasteiger partial charge >= 0.3 is 0 Å². The van der Waals surface area contributed by atoms with Crippen molar-refractivity contribution in [3.63, 3.8) is 0 Å². The van der Waals surface area contributed by atoms with Crippen LogP contribution < -0.4 is 0 Å². The molecule has 0 aromatic heterocycles. The molecule has 0 amide bonds. The van der Waals surface area contributed by atoms with Crippen molar-refractivity contribution in [1.82, 2.24) is 0 Å². The second kappa shape index (κ2) is 23.8. The van der Waals surface area contributed by atoms with Crippen LogP contribution in [0.15, 0.2) is 12.3 Å². The SMILES string of the molecule is CC=COCCOCCOCCOCCCCCCCCCCCS. The van der Waals surface area contributed by atoms with Gasteiger partial charge in [0.15, 0.2) is 0 Å². The first-order valence-electron chi connectivity index (χ1n) is 9.98. The number of unbranched alkanes of at least 4 members (excludes halogenated alkanes) is 8. The molecule has 0 heterocycles. The third-order valence-corrected chi connectivity index (χ3v) is 4.08. The molecule has 0 spiro atoms. The van der Waals surface area contributed by atoms with Gasteiger partial charge in [-0.3, -0.25) is 0 Å². The highest BCUT2D eigenvalue weighted by Gasteiger charge is 1.94. The molecule has 0 aromatic rings. The third-order valence-electron chi connectivity index (χ3n) is 3.77. The maximum atomic E-state index is 5.58. The topological polar surface area (TPSA) is 36.9 Å². The van der Waals surface area contributed by atoms with E-state index in [4.69, 9.17) is 18.9 Å². The maximum absolute atomic E-state index is 5.58. The average Bonchev–Trinajstić information content (AvgIpc) is 2.63. The van der Waals surface area contributed by atoms with Gasteiger partial charge in [0, 0.05) is 6.61 Å². The first kappa shape index (κ1) is 24.8. The van der Waals surface area contributed by atoms with Crippen LogP contribution in [-0.2, 0) is 18.9 Å². The Balaban J connectivity index is 2.96. The second-order valence-corrected chi connectivity index (χ2v) is 6.53. The Morgan fingerprint density at radius 2 is 1.00 bits per heavy atom. The van der Waals surface area contributed by atoms with Crippen LogP contribution in [-0.4, -0.2) is 52.0 Å². The van der Waals surface area contributed by atoms with E-state index in [1.54, 1.807) is 6.26 Å². The summed E-state index contributed by atoms with van der Waals surface area (Å²) in [7, 11) is 0. The summed E-state index contributed by atoms with van der Waals surface area (Å²) in [6.07, 6.45) is 15.4. The Bertz CT molecular complexity index is 262. The van der Waals surface area contributed by atoms with E-state index in [0.717, 1.165) is 18.8 Å². The smallest absolute Gasteiger partial charge is 0.111 e. The number of allylic oxidation sites excluding steroid dienone is 1. The zero-order valence-corrected chi connectivity index (χ0v) is 17.2. The summed E-state index contributed by atoms with van der Waals surface area (Å²) in [5, 5.41) is 0. The molecule has 25 heavy (non-hydrogen) atoms. The Morgan fingerprint density at radius 1 is 0.560 bits per heavy atom. The summed E-state index contributed by atoms with van der Waals surface area (Å²) in [4.78, 5) is 0. The molecule has 0 aliphatic rings. The standard InChI is InChI=1S/C20H40O4S/c1-2-12-21-14-16-23-18-19-24-17-15-22-13-10-8-6-4-3-5-7-9-11-20-25/h2,12,25H,3-11,13-20H2,1H3. The monoisotopic (exact) mass is 376 g/mol. The predicted molar refractivity (Wildman–Crippen MR) is 109 cm³/mol. The summed E-state index contributed by atoms with van der Waals surface area (Å²) in [6, 6.07) is 0. The van der Waals surface area contributed by atoms with Crippen molar-refractivity contribution >= 4 is 12.6 Å². The van der Waals surface area contributed by atoms with Crippen molar-refractivity contribution in [3.05, 3.63) is 12.3 Å². The molecule has 0 saturated carbocycles. The van der Waals surface area contributed by atoms with Gasteiger partial charge in [0.1, 0.15) is 6.61 Å². The Labute approximate surface area is 161 Å². The van der Waals surface area contributed by atoms with Crippen molar-refractivity contribution in [1.29, 1.82) is 0 Å². The Hall–Kier alpha value is -0.230. The van der Waals surface area contributed by atoms with Crippen LogP contribution in [0, 0.1) is 0 Å². The molecule has 0 aliphatic carbocycles. The van der Waals surface area contributed by atoms with Crippen molar-refractivity contribution < 1.29 is 18.9 Å². The van der Waals surface area contributed by atoms with Gasteiger partial charge in [0.05, 0.1) is 39.3 Å². The molecule has 0 saturated heterocycles. The lowest BCUT2D eigenvalue weighted by Gasteiger charge is -2.07. The fourth-order valence-corrected chi connectivity index (χ4v) is 2.59. The molecule has 4 nitrogen and oxygen atoms in total. The summed E-state index contributed by atoms with van der Waals surface area (Å²) in [5.41, 5.74) is 0. The van der Waals surface area contributed by atoms with Crippen molar-refractivity contribution in [3.8, 4) is 0 Å². The van der Waals surface area contributed by atoms with E-state index < -0.39 is 0 Å². The van der Waals surface area contributed by atoms with Gasteiger partial charge in [-0.15, -0.1) is 0 Å². The summed E-state index contributed by atoms with van der Waals surface area (Å²) in [6.45, 7) is 6.49. The van der Waals surface area contributed by atoms with Gasteiger partial charge in [0.2, 0.25) is 0 Å². The molecule has 0 fully saturated rings. The number of hydrogen-bond acceptors (Lipinski definition) is 5. The summed E-state index contributed by atoms with van der Waals surface area (Å²) < 4.78 is 21.5. The minimum absolute atomic E-state index is 0.587. The number of hydrogen-bond donors (Lipinski definition) is 1. The van der Waals surface area contributed by atoms with Crippen LogP contribution in [0.2, 0.25) is 0 Å². The van der Waals surface area contributed by atoms with Crippen LogP contribution in [0.25, 0.3) is 0 Å². The van der Waals surface area contributed by atoms with Crippen LogP contribution in [0.5, 0.6) is 0 Å². The van der Waals surface area contributed by atoms with E-state index in [1.807, 2.05) is 13.0 Å². The van der Waals surface area contributed by atoms with Crippen LogP contribution in [0.3, 0.4) is 0 Å². The molecule has 0 atom stereocenters. The molecule has 0 N–H and O–H groups in total. The largest absolute Gasteiger partial charge is 0.499 e. The van der Waals surface area contributed by atoms with E-state index in [1.165, 1.54) is 51.4 Å². The predicted octanol–water partition coefficient (Wildman–Crippen LogP) is 5.03. The first-order chi connectivity index (χ1) is 12.4. The fraction of sp³-hybridized carbons (Fsp3) is 0.900. The Morgan fingerprint density at radius 3 is 1.52 bits per heavy atom. The summed E-state index contributed by atoms with van der Waals surface area (Å²) in [5.74, 6) is 1.03. The molecule has 0 bridgehead atoms. The molecular formula is C20H40O4S. The van der Waals surface area contributed by atoms with Gasteiger partial charge < -0.3 is 18.9 Å². The summed E-state index contributed by atoms with van der Waals surface area (Å²) >= 11 is 4.23. The number of ether oxygens (including phenoxy) is 4. The molecule has 0 unspecified atom stereocenters. The van der Waals surface area contributed by atoms with Gasteiger partial charge in [-0.25, -0.2) is 0 Å². The van der Waals surface area contributed by atoms with E-state index in [0.29, 0.717) is 39.6 Å². The second-order valence-electron chi connectivity index (χ2n) is 6.08. The quantitative estimate of drug-likeness (QED) is 0.173. The molecule has 0 rings (SSSR count). The highest BCUT2D eigenvalue weighted by Crippen LogP contribution is 2.09.